The first kappa shape index (κ1) is 43.0. The zero-order valence-corrected chi connectivity index (χ0v) is 37.8. The number of nitrogens with one attached hydrogen (secondary N) is 1. The van der Waals surface area contributed by atoms with Crippen LogP contribution in [-0.4, -0.2) is 121 Å². The lowest BCUT2D eigenvalue weighted by Gasteiger charge is -2.37. The van der Waals surface area contributed by atoms with Crippen LogP contribution in [0.3, 0.4) is 0 Å². The van der Waals surface area contributed by atoms with Crippen molar-refractivity contribution in [3.63, 3.8) is 0 Å². The molecule has 8 heterocycles. The minimum Gasteiger partial charge on any atom is -0.383 e. The highest BCUT2D eigenvalue weighted by atomic mass is 16.5. The number of nitrogens with two attached hydrogens (primary N) is 1. The van der Waals surface area contributed by atoms with Gasteiger partial charge in [0.25, 0.3) is 0 Å². The van der Waals surface area contributed by atoms with Gasteiger partial charge in [-0.05, 0) is 95.4 Å². The van der Waals surface area contributed by atoms with E-state index in [1.165, 1.54) is 30.4 Å². The lowest BCUT2D eigenvalue weighted by Crippen LogP contribution is -2.52. The fraction of sp³-hybridized carbons (Fsp3) is 0.562. The zero-order valence-electron chi connectivity index (χ0n) is 37.8. The van der Waals surface area contributed by atoms with E-state index in [0.717, 1.165) is 126 Å². The third kappa shape index (κ3) is 8.78. The van der Waals surface area contributed by atoms with Crippen LogP contribution >= 0.6 is 0 Å². The Morgan fingerprint density at radius 2 is 1.58 bits per heavy atom. The summed E-state index contributed by atoms with van der Waals surface area (Å²) in [5.74, 6) is 2.17. The number of rotatable bonds is 15. The summed E-state index contributed by atoms with van der Waals surface area (Å²) in [6, 6.07) is 6.25. The van der Waals surface area contributed by atoms with Crippen LogP contribution in [-0.2, 0) is 20.8 Å². The first-order valence-electron chi connectivity index (χ1n) is 24.0. The monoisotopic (exact) mass is 883 g/mol. The molecule has 10 rings (SSSR count). The number of likely N-dealkylation sites (tertiary alicyclic amines) is 1. The summed E-state index contributed by atoms with van der Waals surface area (Å²) >= 11 is 0. The Morgan fingerprint density at radius 1 is 0.831 bits per heavy atom. The maximum Gasteiger partial charge on any atom is 0.249 e. The summed E-state index contributed by atoms with van der Waals surface area (Å²) in [6.45, 7) is 11.6. The average Bonchev–Trinajstić information content (AvgIpc) is 3.72. The number of anilines is 3. The van der Waals surface area contributed by atoms with Gasteiger partial charge in [0.1, 0.15) is 29.6 Å². The molecule has 0 spiro atoms. The van der Waals surface area contributed by atoms with Crippen molar-refractivity contribution in [2.75, 3.05) is 67.9 Å². The highest BCUT2D eigenvalue weighted by Gasteiger charge is 2.38. The molecule has 1 aromatic carbocycles. The van der Waals surface area contributed by atoms with Gasteiger partial charge in [-0.1, -0.05) is 30.5 Å². The van der Waals surface area contributed by atoms with Gasteiger partial charge >= 0.3 is 0 Å². The van der Waals surface area contributed by atoms with Crippen LogP contribution in [0.25, 0.3) is 33.8 Å². The second-order valence-corrected chi connectivity index (χ2v) is 18.9. The van der Waals surface area contributed by atoms with Crippen LogP contribution in [0.2, 0.25) is 0 Å². The molecule has 17 nitrogen and oxygen atoms in total. The maximum absolute atomic E-state index is 13.2. The van der Waals surface area contributed by atoms with Gasteiger partial charge in [0.05, 0.1) is 10.9 Å². The van der Waals surface area contributed by atoms with Gasteiger partial charge in [-0.3, -0.25) is 24.6 Å². The van der Waals surface area contributed by atoms with Crippen molar-refractivity contribution in [1.29, 1.82) is 0 Å². The second-order valence-electron chi connectivity index (χ2n) is 18.9. The summed E-state index contributed by atoms with van der Waals surface area (Å²) in [6.07, 6.45) is 17.2. The standard InChI is InChI=1S/C48H61N13O4/c1-30(2)61-47-41(45(49)52-29-53-47)42(55-61)43-40(44(65-56-43)32-12-13-32)46-50-27-33(28-51-46)31-16-20-59(21-17-31)39(63)11-6-4-3-5-7-19-57-23-25-58(26-24-57)35-9-8-10-36-34(35)18-22-60(36)37-14-15-38(62)54-48(37)64/h8-10,27-32,37H,3-7,11-26H2,1-2H3,(H2,49,52,53)(H,54,62,64). The molecule has 5 aliphatic rings. The largest absolute Gasteiger partial charge is 0.383 e. The van der Waals surface area contributed by atoms with Crippen molar-refractivity contribution < 1.29 is 18.9 Å². The number of piperazine rings is 1. The van der Waals surface area contributed by atoms with Gasteiger partial charge in [0, 0.05) is 99.9 Å². The number of carbonyl (C=O) groups excluding carboxylic acids is 3. The quantitative estimate of drug-likeness (QED) is 0.0915. The molecular formula is C48H61N13O4. The Labute approximate surface area is 379 Å². The van der Waals surface area contributed by atoms with Crippen molar-refractivity contribution >= 4 is 45.9 Å². The fourth-order valence-corrected chi connectivity index (χ4v) is 10.5. The van der Waals surface area contributed by atoms with Crippen LogP contribution in [0.5, 0.6) is 0 Å². The molecular weight excluding hydrogens is 823 g/mol. The molecule has 65 heavy (non-hydrogen) atoms. The number of amides is 3. The van der Waals surface area contributed by atoms with Gasteiger partial charge in [-0.25, -0.2) is 24.6 Å². The first-order valence-corrected chi connectivity index (χ1v) is 24.0. The third-order valence-corrected chi connectivity index (χ3v) is 14.3. The summed E-state index contributed by atoms with van der Waals surface area (Å²) in [7, 11) is 0. The summed E-state index contributed by atoms with van der Waals surface area (Å²) in [4.78, 5) is 65.4. The maximum atomic E-state index is 13.2. The summed E-state index contributed by atoms with van der Waals surface area (Å²) in [5.41, 5.74) is 13.8. The Hall–Kier alpha value is -5.97. The van der Waals surface area contributed by atoms with E-state index in [1.54, 1.807) is 0 Å². The minimum absolute atomic E-state index is 0.0476. The molecule has 4 aliphatic heterocycles. The van der Waals surface area contributed by atoms with E-state index in [9.17, 15) is 14.4 Å². The van der Waals surface area contributed by atoms with Crippen LogP contribution < -0.4 is 20.9 Å². The van der Waals surface area contributed by atoms with Crippen LogP contribution in [0.15, 0.2) is 41.4 Å². The molecule has 5 aromatic rings. The number of carbonyl (C=O) groups is 3. The molecule has 1 atom stereocenters. The van der Waals surface area contributed by atoms with Gasteiger partial charge in [0.15, 0.2) is 17.2 Å². The van der Waals surface area contributed by atoms with Crippen molar-refractivity contribution in [2.45, 2.75) is 121 Å². The number of nitrogen functional groups attached to an aromatic ring is 1. The number of unbranched alkanes of at least 4 members (excludes halogenated alkanes) is 4. The SMILES string of the molecule is CC(C)n1nc(-c2noc(C3CC3)c2-c2ncc(C3CCN(C(=O)CCCCCCCN4CCN(c5cccc6c5CCN6C5CCC(=O)NC5=O)CC4)CC3)cn2)c2c(N)ncnc21. The topological polar surface area (TPSA) is 198 Å². The number of aromatic nitrogens is 7. The van der Waals surface area contributed by atoms with E-state index in [-0.39, 0.29) is 35.7 Å². The van der Waals surface area contributed by atoms with Crippen molar-refractivity contribution in [2.24, 2.45) is 0 Å². The Morgan fingerprint density at radius 3 is 2.34 bits per heavy atom. The number of piperidine rings is 2. The molecule has 4 fully saturated rings. The molecule has 17 heteroatoms. The van der Waals surface area contributed by atoms with Crippen LogP contribution in [0, 0.1) is 0 Å². The molecule has 3 saturated heterocycles. The molecule has 0 radical (unpaired) electrons. The van der Waals surface area contributed by atoms with Gasteiger partial charge in [-0.15, -0.1) is 0 Å². The van der Waals surface area contributed by atoms with E-state index in [2.05, 4.69) is 53.3 Å². The Balaban J connectivity index is 0.646. The lowest BCUT2D eigenvalue weighted by molar-refractivity contribution is -0.134. The van der Waals surface area contributed by atoms with Gasteiger partial charge in [-0.2, -0.15) is 5.10 Å². The van der Waals surface area contributed by atoms with E-state index in [4.69, 9.17) is 25.3 Å². The Bertz CT molecular complexity index is 2530. The predicted molar refractivity (Wildman–Crippen MR) is 247 cm³/mol. The molecule has 3 N–H and O–H groups in total. The zero-order chi connectivity index (χ0) is 44.6. The normalized spacial score (nSPS) is 19.7. The third-order valence-electron chi connectivity index (χ3n) is 14.3. The van der Waals surface area contributed by atoms with Crippen LogP contribution in [0.4, 0.5) is 17.2 Å². The number of nitrogens with zero attached hydrogens (tertiary/aromatic N) is 11. The summed E-state index contributed by atoms with van der Waals surface area (Å²) in [5, 5.41) is 12.6. The van der Waals surface area contributed by atoms with Gasteiger partial charge in [0.2, 0.25) is 17.7 Å². The average molecular weight is 884 g/mol. The van der Waals surface area contributed by atoms with Crippen LogP contribution in [0.1, 0.15) is 126 Å². The highest BCUT2D eigenvalue weighted by Crippen LogP contribution is 2.48. The molecule has 0 bridgehead atoms. The highest BCUT2D eigenvalue weighted by molar-refractivity contribution is 6.02. The number of benzene rings is 1. The first-order chi connectivity index (χ1) is 31.7. The summed E-state index contributed by atoms with van der Waals surface area (Å²) < 4.78 is 7.81. The fourth-order valence-electron chi connectivity index (χ4n) is 10.5. The number of hydrogen-bond acceptors (Lipinski definition) is 14. The lowest BCUT2D eigenvalue weighted by atomic mass is 9.91. The van der Waals surface area contributed by atoms with Crippen molar-refractivity contribution in [3.8, 4) is 22.8 Å². The smallest absolute Gasteiger partial charge is 0.249 e. The van der Waals surface area contributed by atoms with Crippen molar-refractivity contribution in [1.82, 2.24) is 50.0 Å². The number of hydrogen-bond donors (Lipinski definition) is 2. The molecule has 3 amide bonds. The Kier molecular flexibility index (Phi) is 12.2. The molecule has 1 unspecified atom stereocenters. The number of imide groups is 1. The van der Waals surface area contributed by atoms with E-state index in [0.29, 0.717) is 59.2 Å². The van der Waals surface area contributed by atoms with E-state index in [1.807, 2.05) is 35.8 Å². The molecule has 342 valence electrons. The minimum atomic E-state index is -0.268. The number of fused-ring (bicyclic) bond motifs is 2. The molecule has 1 saturated carbocycles. The van der Waals surface area contributed by atoms with Gasteiger partial charge < -0.3 is 25.0 Å². The second kappa shape index (κ2) is 18.5. The van der Waals surface area contributed by atoms with E-state index < -0.39 is 0 Å². The molecule has 1 aliphatic carbocycles. The predicted octanol–water partition coefficient (Wildman–Crippen LogP) is 6.02. The van der Waals surface area contributed by atoms with E-state index >= 15 is 0 Å². The molecule has 4 aromatic heterocycles. The van der Waals surface area contributed by atoms with Crippen molar-refractivity contribution in [3.05, 3.63) is 53.8 Å².